The van der Waals surface area contributed by atoms with Crippen LogP contribution in [-0.2, 0) is 0 Å². The Morgan fingerprint density at radius 1 is 1.06 bits per heavy atom. The molecule has 2 aliphatic rings. The Balaban J connectivity index is 1.57. The fourth-order valence-corrected chi connectivity index (χ4v) is 4.79. The summed E-state index contributed by atoms with van der Waals surface area (Å²) >= 11 is 0. The molecular weight excluding hydrogens is 435 g/mol. The Morgan fingerprint density at radius 3 is 2.41 bits per heavy atom. The predicted octanol–water partition coefficient (Wildman–Crippen LogP) is 4.21. The van der Waals surface area contributed by atoms with Crippen LogP contribution in [0.5, 0.6) is 5.75 Å². The van der Waals surface area contributed by atoms with Gasteiger partial charge < -0.3 is 25.2 Å². The van der Waals surface area contributed by atoms with E-state index in [0.29, 0.717) is 35.7 Å². The van der Waals surface area contributed by atoms with E-state index >= 15 is 0 Å². The van der Waals surface area contributed by atoms with Gasteiger partial charge in [0.1, 0.15) is 5.82 Å². The van der Waals surface area contributed by atoms with Crippen molar-refractivity contribution in [2.24, 2.45) is 0 Å². The Labute approximate surface area is 201 Å². The summed E-state index contributed by atoms with van der Waals surface area (Å²) in [4.78, 5) is 22.9. The maximum atomic E-state index is 14.2. The lowest BCUT2D eigenvalue weighted by molar-refractivity contribution is 0.220. The molecule has 2 fully saturated rings. The molecule has 0 aromatic carbocycles. The molecule has 1 saturated heterocycles. The number of nitrogens with one attached hydrogen (secondary N) is 2. The number of anilines is 4. The minimum absolute atomic E-state index is 0.0933. The minimum Gasteiger partial charge on any atom is -0.492 e. The third-order valence-corrected chi connectivity index (χ3v) is 6.96. The van der Waals surface area contributed by atoms with Crippen molar-refractivity contribution in [2.45, 2.75) is 70.4 Å². The maximum absolute atomic E-state index is 14.2. The molecular formula is C24H37FN8O. The number of aromatic nitrogens is 4. The average molecular weight is 473 g/mol. The predicted molar refractivity (Wildman–Crippen MR) is 133 cm³/mol. The van der Waals surface area contributed by atoms with Gasteiger partial charge in [-0.15, -0.1) is 0 Å². The van der Waals surface area contributed by atoms with Gasteiger partial charge in [0.15, 0.2) is 11.6 Å². The number of piperidine rings is 1. The molecule has 0 spiro atoms. The van der Waals surface area contributed by atoms with Crippen LogP contribution >= 0.6 is 0 Å². The second kappa shape index (κ2) is 11.6. The maximum Gasteiger partial charge on any atom is 0.235 e. The smallest absolute Gasteiger partial charge is 0.235 e. The first-order chi connectivity index (χ1) is 16.6. The largest absolute Gasteiger partial charge is 0.492 e. The number of methoxy groups -OCH3 is 1. The average Bonchev–Trinajstić information content (AvgIpc) is 3.12. The summed E-state index contributed by atoms with van der Waals surface area (Å²) in [6.07, 6.45) is 10.7. The highest BCUT2D eigenvalue weighted by Crippen LogP contribution is 2.25. The van der Waals surface area contributed by atoms with Crippen LogP contribution in [0.1, 0.15) is 58.3 Å². The molecule has 0 atom stereocenters. The Hall–Kier alpha value is -2.75. The first kappa shape index (κ1) is 24.4. The van der Waals surface area contributed by atoms with Crippen LogP contribution in [0.25, 0.3) is 0 Å². The molecule has 186 valence electrons. The van der Waals surface area contributed by atoms with E-state index in [1.807, 2.05) is 7.05 Å². The van der Waals surface area contributed by atoms with E-state index < -0.39 is 5.82 Å². The summed E-state index contributed by atoms with van der Waals surface area (Å²) in [6.45, 7) is 5.43. The van der Waals surface area contributed by atoms with Gasteiger partial charge in [-0.25, -0.2) is 9.37 Å². The van der Waals surface area contributed by atoms with Gasteiger partial charge >= 0.3 is 0 Å². The van der Waals surface area contributed by atoms with Gasteiger partial charge in [-0.2, -0.15) is 15.0 Å². The third-order valence-electron chi connectivity index (χ3n) is 6.96. The lowest BCUT2D eigenvalue weighted by Crippen LogP contribution is -2.44. The SMILES string of the molecule is CCN1CCC(N(C)c2nc(Nc3cc(F)c(OC)cn3)nc(NC3CCCCCC3)n2)CC1. The van der Waals surface area contributed by atoms with Crippen LogP contribution in [-0.4, -0.2) is 70.7 Å². The van der Waals surface area contributed by atoms with Crippen LogP contribution in [0.2, 0.25) is 0 Å². The van der Waals surface area contributed by atoms with E-state index in [4.69, 9.17) is 9.72 Å². The van der Waals surface area contributed by atoms with Gasteiger partial charge in [-0.05, 0) is 32.2 Å². The quantitative estimate of drug-likeness (QED) is 0.548. The van der Waals surface area contributed by atoms with Crippen LogP contribution in [0.15, 0.2) is 12.3 Å². The molecule has 3 heterocycles. The number of halogens is 1. The number of ether oxygens (including phenoxy) is 1. The van der Waals surface area contributed by atoms with Crippen LogP contribution in [0.3, 0.4) is 0 Å². The van der Waals surface area contributed by atoms with Gasteiger partial charge in [0.05, 0.1) is 13.3 Å². The van der Waals surface area contributed by atoms with Gasteiger partial charge in [-0.1, -0.05) is 32.6 Å². The molecule has 10 heteroatoms. The van der Waals surface area contributed by atoms with Crippen molar-refractivity contribution in [3.8, 4) is 5.75 Å². The summed E-state index contributed by atoms with van der Waals surface area (Å²) in [5.41, 5.74) is 0. The van der Waals surface area contributed by atoms with E-state index in [-0.39, 0.29) is 5.75 Å². The van der Waals surface area contributed by atoms with Gasteiger partial charge in [0, 0.05) is 38.3 Å². The summed E-state index contributed by atoms with van der Waals surface area (Å²) in [7, 11) is 3.46. The molecule has 0 bridgehead atoms. The van der Waals surface area contributed by atoms with Crippen molar-refractivity contribution >= 4 is 23.7 Å². The number of hydrogen-bond donors (Lipinski definition) is 2. The molecule has 34 heavy (non-hydrogen) atoms. The van der Waals surface area contributed by atoms with E-state index in [9.17, 15) is 4.39 Å². The van der Waals surface area contributed by atoms with Gasteiger partial charge in [0.2, 0.25) is 17.8 Å². The summed E-state index contributed by atoms with van der Waals surface area (Å²) < 4.78 is 19.2. The second-order valence-electron chi connectivity index (χ2n) is 9.22. The van der Waals surface area contributed by atoms with Crippen molar-refractivity contribution in [1.29, 1.82) is 0 Å². The van der Waals surface area contributed by atoms with E-state index in [2.05, 4.69) is 42.3 Å². The molecule has 9 nitrogen and oxygen atoms in total. The first-order valence-electron chi connectivity index (χ1n) is 12.5. The molecule has 0 radical (unpaired) electrons. The summed E-state index contributed by atoms with van der Waals surface area (Å²) in [5, 5.41) is 6.60. The van der Waals surface area contributed by atoms with Crippen molar-refractivity contribution in [3.05, 3.63) is 18.1 Å². The number of pyridine rings is 1. The normalized spacial score (nSPS) is 18.4. The Kier molecular flexibility index (Phi) is 8.31. The monoisotopic (exact) mass is 472 g/mol. The Morgan fingerprint density at radius 2 is 1.76 bits per heavy atom. The van der Waals surface area contributed by atoms with E-state index in [1.165, 1.54) is 45.1 Å². The highest BCUT2D eigenvalue weighted by molar-refractivity contribution is 5.53. The number of hydrogen-bond acceptors (Lipinski definition) is 9. The number of likely N-dealkylation sites (tertiary alicyclic amines) is 1. The fraction of sp³-hybridized carbons (Fsp3) is 0.667. The number of rotatable bonds is 8. The van der Waals surface area contributed by atoms with Crippen molar-refractivity contribution in [1.82, 2.24) is 24.8 Å². The minimum atomic E-state index is -0.495. The van der Waals surface area contributed by atoms with Crippen molar-refractivity contribution < 1.29 is 9.13 Å². The molecule has 1 aliphatic heterocycles. The summed E-state index contributed by atoms with van der Waals surface area (Å²) in [5.74, 6) is 1.41. The fourth-order valence-electron chi connectivity index (χ4n) is 4.79. The highest BCUT2D eigenvalue weighted by atomic mass is 19.1. The standard InChI is InChI=1S/C24H37FN8O/c1-4-33-13-11-18(12-14-33)32(2)24-30-22(27-17-9-7-5-6-8-10-17)29-23(31-24)28-21-15-19(25)20(34-3)16-26-21/h15-18H,4-14H2,1-3H3,(H2,26,27,28,29,30,31). The van der Waals surface area contributed by atoms with Crippen molar-refractivity contribution in [3.63, 3.8) is 0 Å². The van der Waals surface area contributed by atoms with Crippen LogP contribution in [0.4, 0.5) is 28.1 Å². The Bertz CT molecular complexity index is 929. The third kappa shape index (κ3) is 6.22. The van der Waals surface area contributed by atoms with Crippen LogP contribution in [0, 0.1) is 5.82 Å². The summed E-state index contributed by atoms with van der Waals surface area (Å²) in [6, 6.07) is 1.99. The van der Waals surface area contributed by atoms with Crippen LogP contribution < -0.4 is 20.3 Å². The lowest BCUT2D eigenvalue weighted by Gasteiger charge is -2.36. The zero-order chi connectivity index (χ0) is 23.9. The van der Waals surface area contributed by atoms with E-state index in [1.54, 1.807) is 0 Å². The molecule has 2 N–H and O–H groups in total. The molecule has 4 rings (SSSR count). The zero-order valence-electron chi connectivity index (χ0n) is 20.6. The molecule has 0 unspecified atom stereocenters. The molecule has 2 aromatic rings. The highest BCUT2D eigenvalue weighted by Gasteiger charge is 2.25. The van der Waals surface area contributed by atoms with Gasteiger partial charge in [0.25, 0.3) is 0 Å². The van der Waals surface area contributed by atoms with E-state index in [0.717, 1.165) is 45.3 Å². The molecule has 1 saturated carbocycles. The second-order valence-corrected chi connectivity index (χ2v) is 9.22. The van der Waals surface area contributed by atoms with Crippen molar-refractivity contribution in [2.75, 3.05) is 49.3 Å². The molecule has 2 aromatic heterocycles. The van der Waals surface area contributed by atoms with Gasteiger partial charge in [-0.3, -0.25) is 0 Å². The zero-order valence-corrected chi connectivity index (χ0v) is 20.6. The number of nitrogens with zero attached hydrogens (tertiary/aromatic N) is 6. The first-order valence-corrected chi connectivity index (χ1v) is 12.5. The topological polar surface area (TPSA) is 91.3 Å². The molecule has 0 amide bonds. The lowest BCUT2D eigenvalue weighted by atomic mass is 10.0. The molecule has 1 aliphatic carbocycles.